The summed E-state index contributed by atoms with van der Waals surface area (Å²) in [6.07, 6.45) is 12.6. The van der Waals surface area contributed by atoms with Crippen LogP contribution in [0.1, 0.15) is 105 Å². The van der Waals surface area contributed by atoms with Crippen LogP contribution in [0.2, 0.25) is 0 Å². The van der Waals surface area contributed by atoms with Gasteiger partial charge in [-0.25, -0.2) is 0 Å². The number of amides is 1. The summed E-state index contributed by atoms with van der Waals surface area (Å²) in [4.78, 5) is 15.0. The van der Waals surface area contributed by atoms with Crippen molar-refractivity contribution in [2.24, 2.45) is 40.4 Å². The van der Waals surface area contributed by atoms with E-state index in [1.807, 2.05) is 11.8 Å². The summed E-state index contributed by atoms with van der Waals surface area (Å²) in [6.45, 7) is 10.6. The summed E-state index contributed by atoms with van der Waals surface area (Å²) < 4.78 is 0. The van der Waals surface area contributed by atoms with E-state index in [9.17, 15) is 20.1 Å². The van der Waals surface area contributed by atoms with E-state index in [0.29, 0.717) is 73.8 Å². The number of nitrogens with zero attached hydrogens (tertiary/aromatic N) is 1. The van der Waals surface area contributed by atoms with E-state index in [1.54, 1.807) is 0 Å². The fraction of sp³-hybridized carbons (Fsp3) is 0.903. The topological polar surface area (TPSA) is 81.0 Å². The molecule has 0 spiro atoms. The Bertz CT molecular complexity index is 863. The number of carbonyl (C=O) groups excluding carboxylic acids is 1. The third-order valence-electron chi connectivity index (χ3n) is 12.5. The summed E-state index contributed by atoms with van der Waals surface area (Å²) in [5, 5.41) is 31.9. The maximum Gasteiger partial charge on any atom is 0.222 e. The van der Waals surface area contributed by atoms with Gasteiger partial charge < -0.3 is 20.2 Å². The van der Waals surface area contributed by atoms with Gasteiger partial charge in [0.25, 0.3) is 0 Å². The molecule has 0 unspecified atom stereocenters. The zero-order chi connectivity index (χ0) is 25.9. The van der Waals surface area contributed by atoms with Gasteiger partial charge in [-0.15, -0.1) is 0 Å². The summed E-state index contributed by atoms with van der Waals surface area (Å²) in [7, 11) is 0. The van der Waals surface area contributed by atoms with E-state index in [4.69, 9.17) is 0 Å². The first-order valence-corrected chi connectivity index (χ1v) is 15.1. The molecule has 1 aliphatic heterocycles. The standard InChI is InChI=1S/C31H51NO4/c1-5-31(36)14-16-32(17-15-31)28(35)11-6-20(2)24-9-10-25-23-8-7-21-18-22(33)19-27(34)30(21,4)26(23)12-13-29(24,25)3/h7,20,22-27,33-34,36H,5-6,8-19H2,1-4H3/t20-,22-,23+,24-,25+,26+,27+,29-,30+/m1/s1. The first kappa shape index (κ1) is 26.7. The van der Waals surface area contributed by atoms with Gasteiger partial charge in [0.05, 0.1) is 17.8 Å². The highest BCUT2D eigenvalue weighted by Crippen LogP contribution is 2.67. The molecule has 0 aromatic heterocycles. The number of allylic oxidation sites excluding steroid dienone is 1. The number of rotatable bonds is 5. The Morgan fingerprint density at radius 1 is 1.11 bits per heavy atom. The SMILES string of the molecule is CCC1(O)CCN(C(=O)CC[C@@H](C)[C@H]2CC[C@H]3[C@@H]4CC=C5C[C@@H](O)C[C@H](O)[C@]5(C)[C@H]4CC[C@]23C)CC1. The van der Waals surface area contributed by atoms with Gasteiger partial charge in [0.2, 0.25) is 5.91 Å². The molecule has 5 nitrogen and oxygen atoms in total. The third-order valence-corrected chi connectivity index (χ3v) is 12.5. The van der Waals surface area contributed by atoms with Crippen LogP contribution in [-0.2, 0) is 4.79 Å². The average Bonchev–Trinajstić information content (AvgIpc) is 3.21. The minimum Gasteiger partial charge on any atom is -0.393 e. The Balaban J connectivity index is 1.22. The average molecular weight is 502 g/mol. The lowest BCUT2D eigenvalue weighted by Crippen LogP contribution is -2.55. The lowest BCUT2D eigenvalue weighted by molar-refractivity contribution is -0.136. The van der Waals surface area contributed by atoms with Crippen LogP contribution in [0.25, 0.3) is 0 Å². The summed E-state index contributed by atoms with van der Waals surface area (Å²) in [5.74, 6) is 3.33. The molecule has 0 radical (unpaired) electrons. The van der Waals surface area contributed by atoms with Crippen LogP contribution in [0.5, 0.6) is 0 Å². The minimum atomic E-state index is -0.573. The molecule has 36 heavy (non-hydrogen) atoms. The van der Waals surface area contributed by atoms with Crippen molar-refractivity contribution in [3.8, 4) is 0 Å². The molecule has 5 heteroatoms. The molecule has 4 fully saturated rings. The van der Waals surface area contributed by atoms with Gasteiger partial charge >= 0.3 is 0 Å². The fourth-order valence-electron chi connectivity index (χ4n) is 9.91. The Labute approximate surface area is 218 Å². The number of aliphatic hydroxyl groups excluding tert-OH is 2. The van der Waals surface area contributed by atoms with Crippen molar-refractivity contribution in [3.63, 3.8) is 0 Å². The molecule has 1 amide bonds. The van der Waals surface area contributed by atoms with Gasteiger partial charge in [0.1, 0.15) is 0 Å². The predicted octanol–water partition coefficient (Wildman–Crippen LogP) is 5.08. The number of carbonyl (C=O) groups is 1. The van der Waals surface area contributed by atoms with Gasteiger partial charge in [-0.05, 0) is 99.2 Å². The number of fused-ring (bicyclic) bond motifs is 5. The number of piperidine rings is 1. The monoisotopic (exact) mass is 501 g/mol. The molecule has 0 bridgehead atoms. The summed E-state index contributed by atoms with van der Waals surface area (Å²) in [5.41, 5.74) is 0.899. The fourth-order valence-corrected chi connectivity index (χ4v) is 9.91. The molecular formula is C31H51NO4. The normalized spacial score (nSPS) is 44.8. The molecule has 204 valence electrons. The molecular weight excluding hydrogens is 450 g/mol. The number of likely N-dealkylation sites (tertiary alicyclic amines) is 1. The maximum absolute atomic E-state index is 13.0. The lowest BCUT2D eigenvalue weighted by Gasteiger charge is -2.59. The highest BCUT2D eigenvalue weighted by molar-refractivity contribution is 5.76. The second-order valence-electron chi connectivity index (χ2n) is 13.9. The largest absolute Gasteiger partial charge is 0.393 e. The van der Waals surface area contributed by atoms with Crippen LogP contribution in [0.3, 0.4) is 0 Å². The van der Waals surface area contributed by atoms with Crippen molar-refractivity contribution in [1.82, 2.24) is 4.90 Å². The van der Waals surface area contributed by atoms with E-state index in [-0.39, 0.29) is 11.3 Å². The highest BCUT2D eigenvalue weighted by Gasteiger charge is 2.60. The Hall–Kier alpha value is -0.910. The Kier molecular flexibility index (Phi) is 7.18. The first-order chi connectivity index (χ1) is 17.0. The molecule has 4 aliphatic carbocycles. The maximum atomic E-state index is 13.0. The van der Waals surface area contributed by atoms with Crippen molar-refractivity contribution < 1.29 is 20.1 Å². The summed E-state index contributed by atoms with van der Waals surface area (Å²) >= 11 is 0. The number of aliphatic hydroxyl groups is 3. The smallest absolute Gasteiger partial charge is 0.222 e. The van der Waals surface area contributed by atoms with Crippen LogP contribution in [-0.4, -0.2) is 57.0 Å². The van der Waals surface area contributed by atoms with E-state index < -0.39 is 17.8 Å². The van der Waals surface area contributed by atoms with E-state index in [2.05, 4.69) is 26.8 Å². The highest BCUT2D eigenvalue weighted by atomic mass is 16.3. The van der Waals surface area contributed by atoms with Gasteiger partial charge in [0, 0.05) is 31.3 Å². The lowest BCUT2D eigenvalue weighted by atomic mass is 9.46. The second kappa shape index (κ2) is 9.68. The molecule has 5 aliphatic rings. The molecule has 1 saturated heterocycles. The quantitative estimate of drug-likeness (QED) is 0.459. The first-order valence-electron chi connectivity index (χ1n) is 15.1. The van der Waals surface area contributed by atoms with Crippen molar-refractivity contribution in [2.45, 2.75) is 123 Å². The Morgan fingerprint density at radius 3 is 2.53 bits per heavy atom. The van der Waals surface area contributed by atoms with Gasteiger partial charge in [-0.3, -0.25) is 4.79 Å². The molecule has 5 rings (SSSR count). The number of hydrogen-bond acceptors (Lipinski definition) is 4. The van der Waals surface area contributed by atoms with Gasteiger partial charge in [-0.1, -0.05) is 39.3 Å². The third kappa shape index (κ3) is 4.29. The van der Waals surface area contributed by atoms with Crippen LogP contribution >= 0.6 is 0 Å². The van der Waals surface area contributed by atoms with Crippen LogP contribution in [0.15, 0.2) is 11.6 Å². The predicted molar refractivity (Wildman–Crippen MR) is 142 cm³/mol. The van der Waals surface area contributed by atoms with Gasteiger partial charge in [0.15, 0.2) is 0 Å². The van der Waals surface area contributed by atoms with Gasteiger partial charge in [-0.2, -0.15) is 0 Å². The minimum absolute atomic E-state index is 0.169. The Morgan fingerprint density at radius 2 is 1.83 bits per heavy atom. The number of hydrogen-bond donors (Lipinski definition) is 3. The molecule has 3 saturated carbocycles. The van der Waals surface area contributed by atoms with E-state index >= 15 is 0 Å². The van der Waals surface area contributed by atoms with E-state index in [1.165, 1.54) is 31.3 Å². The molecule has 0 aromatic rings. The van der Waals surface area contributed by atoms with E-state index in [0.717, 1.165) is 25.7 Å². The second-order valence-corrected chi connectivity index (χ2v) is 13.9. The van der Waals surface area contributed by atoms with Crippen molar-refractivity contribution in [2.75, 3.05) is 13.1 Å². The van der Waals surface area contributed by atoms with Crippen molar-refractivity contribution in [3.05, 3.63) is 11.6 Å². The molecule has 9 atom stereocenters. The van der Waals surface area contributed by atoms with Crippen LogP contribution in [0, 0.1) is 40.4 Å². The van der Waals surface area contributed by atoms with Crippen LogP contribution in [0.4, 0.5) is 0 Å². The zero-order valence-electron chi connectivity index (χ0n) is 23.2. The van der Waals surface area contributed by atoms with Crippen molar-refractivity contribution in [1.29, 1.82) is 0 Å². The molecule has 0 aromatic carbocycles. The van der Waals surface area contributed by atoms with Crippen molar-refractivity contribution >= 4 is 5.91 Å². The summed E-state index contributed by atoms with van der Waals surface area (Å²) in [6, 6.07) is 0. The van der Waals surface area contributed by atoms with Crippen LogP contribution < -0.4 is 0 Å². The molecule has 1 heterocycles. The molecule has 3 N–H and O–H groups in total. The zero-order valence-corrected chi connectivity index (χ0v) is 23.2.